The number of likely N-dealkylation sites (N-methyl/N-ethyl adjacent to an activating group) is 1. The molecular weight excluding hydrogens is 334 g/mol. The van der Waals surface area contributed by atoms with Gasteiger partial charge in [-0.15, -0.1) is 0 Å². The van der Waals surface area contributed by atoms with Crippen molar-refractivity contribution in [2.45, 2.75) is 6.54 Å². The molecule has 136 valence electrons. The van der Waals surface area contributed by atoms with E-state index in [2.05, 4.69) is 32.1 Å². The summed E-state index contributed by atoms with van der Waals surface area (Å²) in [6.07, 6.45) is 1.45. The van der Waals surface area contributed by atoms with Crippen LogP contribution in [-0.2, 0) is 6.54 Å². The average molecular weight is 355 g/mol. The van der Waals surface area contributed by atoms with Crippen LogP contribution in [0, 0.1) is 0 Å². The Labute approximate surface area is 151 Å². The summed E-state index contributed by atoms with van der Waals surface area (Å²) in [6, 6.07) is 7.38. The standard InChI is InChI=1S/C18H21N5O3/c1-22-4-6-23(7-5-22)17-9-14(20-11-21-17)18(24)19-10-13-2-3-15-16(8-13)26-12-25-15/h2-3,8-9,11H,4-7,10,12H2,1H3,(H,19,24). The smallest absolute Gasteiger partial charge is 0.270 e. The number of benzene rings is 1. The van der Waals surface area contributed by atoms with Gasteiger partial charge in [-0.05, 0) is 24.7 Å². The molecule has 0 aliphatic carbocycles. The zero-order chi connectivity index (χ0) is 17.9. The van der Waals surface area contributed by atoms with Crippen molar-refractivity contribution in [1.29, 1.82) is 0 Å². The molecule has 1 saturated heterocycles. The first-order valence-electron chi connectivity index (χ1n) is 8.61. The minimum absolute atomic E-state index is 0.222. The van der Waals surface area contributed by atoms with Crippen molar-refractivity contribution in [2.24, 2.45) is 0 Å². The van der Waals surface area contributed by atoms with Crippen molar-refractivity contribution in [2.75, 3.05) is 44.9 Å². The van der Waals surface area contributed by atoms with Crippen molar-refractivity contribution in [1.82, 2.24) is 20.2 Å². The molecule has 1 aromatic carbocycles. The second-order valence-electron chi connectivity index (χ2n) is 6.42. The molecule has 3 heterocycles. The number of anilines is 1. The van der Waals surface area contributed by atoms with Gasteiger partial charge in [0.25, 0.3) is 5.91 Å². The Morgan fingerprint density at radius 3 is 2.77 bits per heavy atom. The SMILES string of the molecule is CN1CCN(c2cc(C(=O)NCc3ccc4c(c3)OCO4)ncn2)CC1. The van der Waals surface area contributed by atoms with Crippen LogP contribution in [0.1, 0.15) is 16.1 Å². The molecule has 0 saturated carbocycles. The highest BCUT2D eigenvalue weighted by Crippen LogP contribution is 2.32. The summed E-state index contributed by atoms with van der Waals surface area (Å²) in [5.41, 5.74) is 1.31. The number of nitrogens with zero attached hydrogens (tertiary/aromatic N) is 4. The monoisotopic (exact) mass is 355 g/mol. The molecular formula is C18H21N5O3. The van der Waals surface area contributed by atoms with E-state index in [0.29, 0.717) is 18.0 Å². The van der Waals surface area contributed by atoms with E-state index in [4.69, 9.17) is 9.47 Å². The molecule has 1 aromatic heterocycles. The third-order valence-corrected chi connectivity index (χ3v) is 4.60. The zero-order valence-corrected chi connectivity index (χ0v) is 14.6. The van der Waals surface area contributed by atoms with Crippen LogP contribution in [0.4, 0.5) is 5.82 Å². The number of hydrogen-bond donors (Lipinski definition) is 1. The molecule has 0 unspecified atom stereocenters. The van der Waals surface area contributed by atoms with Gasteiger partial charge in [0.15, 0.2) is 11.5 Å². The predicted octanol–water partition coefficient (Wildman–Crippen LogP) is 0.887. The molecule has 26 heavy (non-hydrogen) atoms. The first-order valence-corrected chi connectivity index (χ1v) is 8.61. The lowest BCUT2D eigenvalue weighted by atomic mass is 10.2. The van der Waals surface area contributed by atoms with Gasteiger partial charge in [-0.2, -0.15) is 0 Å². The van der Waals surface area contributed by atoms with Crippen LogP contribution in [0.25, 0.3) is 0 Å². The van der Waals surface area contributed by atoms with Crippen LogP contribution in [0.3, 0.4) is 0 Å². The molecule has 0 bridgehead atoms. The van der Waals surface area contributed by atoms with Gasteiger partial charge < -0.3 is 24.6 Å². The van der Waals surface area contributed by atoms with Gasteiger partial charge in [0.2, 0.25) is 6.79 Å². The third-order valence-electron chi connectivity index (χ3n) is 4.60. The first-order chi connectivity index (χ1) is 12.7. The lowest BCUT2D eigenvalue weighted by molar-refractivity contribution is 0.0945. The molecule has 2 aliphatic heterocycles. The fourth-order valence-corrected chi connectivity index (χ4v) is 3.00. The summed E-state index contributed by atoms with van der Waals surface area (Å²) in [5.74, 6) is 2.01. The zero-order valence-electron chi connectivity index (χ0n) is 14.6. The number of nitrogens with one attached hydrogen (secondary N) is 1. The van der Waals surface area contributed by atoms with Gasteiger partial charge in [-0.25, -0.2) is 9.97 Å². The lowest BCUT2D eigenvalue weighted by Crippen LogP contribution is -2.44. The highest BCUT2D eigenvalue weighted by molar-refractivity contribution is 5.92. The first kappa shape index (κ1) is 16.6. The lowest BCUT2D eigenvalue weighted by Gasteiger charge is -2.33. The fourth-order valence-electron chi connectivity index (χ4n) is 3.00. The topological polar surface area (TPSA) is 79.8 Å². The molecule has 0 spiro atoms. The minimum atomic E-state index is -0.222. The van der Waals surface area contributed by atoms with Crippen LogP contribution in [0.5, 0.6) is 11.5 Å². The van der Waals surface area contributed by atoms with Gasteiger partial charge in [0.05, 0.1) is 0 Å². The molecule has 1 amide bonds. The van der Waals surface area contributed by atoms with E-state index in [-0.39, 0.29) is 12.7 Å². The van der Waals surface area contributed by atoms with E-state index in [9.17, 15) is 4.79 Å². The van der Waals surface area contributed by atoms with Crippen molar-refractivity contribution >= 4 is 11.7 Å². The van der Waals surface area contributed by atoms with Crippen molar-refractivity contribution in [3.8, 4) is 11.5 Å². The van der Waals surface area contributed by atoms with E-state index in [1.54, 1.807) is 6.07 Å². The molecule has 2 aromatic rings. The highest BCUT2D eigenvalue weighted by Gasteiger charge is 2.18. The maximum atomic E-state index is 12.5. The summed E-state index contributed by atoms with van der Waals surface area (Å²) in [7, 11) is 2.10. The van der Waals surface area contributed by atoms with Gasteiger partial charge >= 0.3 is 0 Å². The van der Waals surface area contributed by atoms with Crippen LogP contribution in [0.2, 0.25) is 0 Å². The van der Waals surface area contributed by atoms with Crippen LogP contribution in [-0.4, -0.2) is 60.8 Å². The normalized spacial score (nSPS) is 16.6. The number of amides is 1. The Morgan fingerprint density at radius 1 is 1.12 bits per heavy atom. The fraction of sp³-hybridized carbons (Fsp3) is 0.389. The molecule has 1 N–H and O–H groups in total. The van der Waals surface area contributed by atoms with E-state index in [0.717, 1.165) is 43.3 Å². The maximum absolute atomic E-state index is 12.5. The Bertz CT molecular complexity index is 805. The van der Waals surface area contributed by atoms with Gasteiger partial charge in [-0.1, -0.05) is 6.07 Å². The summed E-state index contributed by atoms with van der Waals surface area (Å²) >= 11 is 0. The maximum Gasteiger partial charge on any atom is 0.270 e. The summed E-state index contributed by atoms with van der Waals surface area (Å²) < 4.78 is 10.6. The Kier molecular flexibility index (Phi) is 4.57. The van der Waals surface area contributed by atoms with Crippen molar-refractivity contribution in [3.05, 3.63) is 41.9 Å². The van der Waals surface area contributed by atoms with Gasteiger partial charge in [0, 0.05) is 38.8 Å². The number of rotatable bonds is 4. The van der Waals surface area contributed by atoms with E-state index >= 15 is 0 Å². The number of hydrogen-bond acceptors (Lipinski definition) is 7. The van der Waals surface area contributed by atoms with Gasteiger partial charge in [-0.3, -0.25) is 4.79 Å². The summed E-state index contributed by atoms with van der Waals surface area (Å²) in [6.45, 7) is 4.38. The van der Waals surface area contributed by atoms with E-state index in [1.165, 1.54) is 6.33 Å². The molecule has 1 fully saturated rings. The Morgan fingerprint density at radius 2 is 1.92 bits per heavy atom. The second-order valence-corrected chi connectivity index (χ2v) is 6.42. The number of piperazine rings is 1. The number of carbonyl (C=O) groups is 1. The van der Waals surface area contributed by atoms with Crippen LogP contribution >= 0.6 is 0 Å². The largest absolute Gasteiger partial charge is 0.454 e. The molecule has 0 atom stereocenters. The van der Waals surface area contributed by atoms with E-state index < -0.39 is 0 Å². The Balaban J connectivity index is 1.39. The average Bonchev–Trinajstić information content (AvgIpc) is 3.14. The molecule has 0 radical (unpaired) electrons. The predicted molar refractivity (Wildman–Crippen MR) is 95.5 cm³/mol. The van der Waals surface area contributed by atoms with Crippen molar-refractivity contribution in [3.63, 3.8) is 0 Å². The quantitative estimate of drug-likeness (QED) is 0.872. The molecule has 4 rings (SSSR count). The second kappa shape index (κ2) is 7.17. The molecule has 2 aliphatic rings. The highest BCUT2D eigenvalue weighted by atomic mass is 16.7. The molecule has 8 nitrogen and oxygen atoms in total. The van der Waals surface area contributed by atoms with Gasteiger partial charge in [0.1, 0.15) is 17.8 Å². The van der Waals surface area contributed by atoms with Crippen LogP contribution < -0.4 is 19.7 Å². The summed E-state index contributed by atoms with van der Waals surface area (Å²) in [5, 5.41) is 2.89. The number of aromatic nitrogens is 2. The Hall–Kier alpha value is -2.87. The number of carbonyl (C=O) groups excluding carboxylic acids is 1. The minimum Gasteiger partial charge on any atom is -0.454 e. The van der Waals surface area contributed by atoms with Crippen LogP contribution in [0.15, 0.2) is 30.6 Å². The number of fused-ring (bicyclic) bond motifs is 1. The molecule has 8 heteroatoms. The number of ether oxygens (including phenoxy) is 2. The third kappa shape index (κ3) is 3.55. The van der Waals surface area contributed by atoms with Crippen molar-refractivity contribution < 1.29 is 14.3 Å². The van der Waals surface area contributed by atoms with E-state index in [1.807, 2.05) is 18.2 Å². The summed E-state index contributed by atoms with van der Waals surface area (Å²) in [4.78, 5) is 25.3.